The van der Waals surface area contributed by atoms with E-state index in [4.69, 9.17) is 16.3 Å². The van der Waals surface area contributed by atoms with Gasteiger partial charge in [-0.15, -0.1) is 0 Å². The van der Waals surface area contributed by atoms with Crippen LogP contribution in [0.3, 0.4) is 0 Å². The molecule has 0 fully saturated rings. The second-order valence-electron chi connectivity index (χ2n) is 5.28. The smallest absolute Gasteiger partial charge is 0.162 e. The highest BCUT2D eigenvalue weighted by molar-refractivity contribution is 6.30. The molecule has 0 amide bonds. The normalized spacial score (nSPS) is 10.5. The Hall–Kier alpha value is -1.80. The van der Waals surface area contributed by atoms with Crippen LogP contribution in [0.15, 0.2) is 48.5 Å². The first-order valence-corrected chi connectivity index (χ1v) is 8.07. The summed E-state index contributed by atoms with van der Waals surface area (Å²) in [6.07, 6.45) is 3.43. The lowest BCUT2D eigenvalue weighted by molar-refractivity contribution is 0.0979. The summed E-state index contributed by atoms with van der Waals surface area (Å²) in [5, 5.41) is 0.744. The summed E-state index contributed by atoms with van der Waals surface area (Å²) in [7, 11) is 0. The van der Waals surface area contributed by atoms with Crippen LogP contribution < -0.4 is 4.74 Å². The van der Waals surface area contributed by atoms with E-state index in [1.165, 1.54) is 5.56 Å². The summed E-state index contributed by atoms with van der Waals surface area (Å²) in [5.74, 6) is 0.996. The molecular formula is C19H21ClO2. The predicted molar refractivity (Wildman–Crippen MR) is 90.9 cm³/mol. The van der Waals surface area contributed by atoms with Gasteiger partial charge in [0.05, 0.1) is 6.61 Å². The number of carbonyl (C=O) groups excluding carboxylic acids is 1. The minimum atomic E-state index is 0.203. The Morgan fingerprint density at radius 1 is 1.05 bits per heavy atom. The lowest BCUT2D eigenvalue weighted by atomic mass is 10.1. The van der Waals surface area contributed by atoms with E-state index in [0.29, 0.717) is 13.0 Å². The van der Waals surface area contributed by atoms with Gasteiger partial charge in [-0.1, -0.05) is 37.1 Å². The fourth-order valence-corrected chi connectivity index (χ4v) is 2.28. The van der Waals surface area contributed by atoms with Gasteiger partial charge in [0.2, 0.25) is 0 Å². The van der Waals surface area contributed by atoms with Crippen molar-refractivity contribution in [2.24, 2.45) is 0 Å². The highest BCUT2D eigenvalue weighted by Crippen LogP contribution is 2.15. The van der Waals surface area contributed by atoms with Crippen LogP contribution in [0.4, 0.5) is 0 Å². The number of benzene rings is 2. The van der Waals surface area contributed by atoms with E-state index in [-0.39, 0.29) is 5.78 Å². The van der Waals surface area contributed by atoms with Crippen molar-refractivity contribution in [2.75, 3.05) is 6.61 Å². The summed E-state index contributed by atoms with van der Waals surface area (Å²) in [5.41, 5.74) is 1.95. The zero-order valence-electron chi connectivity index (χ0n) is 12.8. The van der Waals surface area contributed by atoms with E-state index < -0.39 is 0 Å². The van der Waals surface area contributed by atoms with Gasteiger partial charge in [0.25, 0.3) is 0 Å². The third-order valence-electron chi connectivity index (χ3n) is 3.51. The molecule has 3 heteroatoms. The molecule has 0 radical (unpaired) electrons. The quantitative estimate of drug-likeness (QED) is 0.615. The maximum Gasteiger partial charge on any atom is 0.162 e. The molecule has 0 N–H and O–H groups in total. The van der Waals surface area contributed by atoms with Crippen LogP contribution in [0, 0.1) is 0 Å². The summed E-state index contributed by atoms with van der Waals surface area (Å²) >= 11 is 5.85. The van der Waals surface area contributed by atoms with Crippen molar-refractivity contribution in [1.29, 1.82) is 0 Å². The highest BCUT2D eigenvalue weighted by Gasteiger charge is 2.05. The molecule has 0 aliphatic heterocycles. The molecule has 0 aliphatic carbocycles. The van der Waals surface area contributed by atoms with Crippen LogP contribution in [-0.2, 0) is 6.42 Å². The van der Waals surface area contributed by atoms with Gasteiger partial charge in [0, 0.05) is 23.4 Å². The SMILES string of the molecule is CCCCC(=O)c1ccc(OCCc2ccc(Cl)cc2)cc1. The van der Waals surface area contributed by atoms with Crippen molar-refractivity contribution in [3.8, 4) is 5.75 Å². The summed E-state index contributed by atoms with van der Waals surface area (Å²) < 4.78 is 5.71. The molecule has 0 aromatic heterocycles. The molecule has 2 aromatic rings. The van der Waals surface area contributed by atoms with E-state index in [1.807, 2.05) is 48.5 Å². The van der Waals surface area contributed by atoms with Crippen LogP contribution in [0.1, 0.15) is 42.1 Å². The number of hydrogen-bond donors (Lipinski definition) is 0. The van der Waals surface area contributed by atoms with Gasteiger partial charge in [-0.2, -0.15) is 0 Å². The third kappa shape index (κ3) is 5.19. The number of Topliss-reactive ketones (excluding diaryl/α,β-unsaturated/α-hetero) is 1. The first-order chi connectivity index (χ1) is 10.7. The Bertz CT molecular complexity index is 588. The molecule has 0 aliphatic rings. The topological polar surface area (TPSA) is 26.3 Å². The van der Waals surface area contributed by atoms with Crippen molar-refractivity contribution >= 4 is 17.4 Å². The number of halogens is 1. The molecule has 0 bridgehead atoms. The van der Waals surface area contributed by atoms with Gasteiger partial charge in [-0.05, 0) is 48.4 Å². The zero-order valence-corrected chi connectivity index (χ0v) is 13.6. The average molecular weight is 317 g/mol. The molecule has 0 unspecified atom stereocenters. The third-order valence-corrected chi connectivity index (χ3v) is 3.76. The second-order valence-corrected chi connectivity index (χ2v) is 5.71. The van der Waals surface area contributed by atoms with Crippen molar-refractivity contribution < 1.29 is 9.53 Å². The summed E-state index contributed by atoms with van der Waals surface area (Å²) in [4.78, 5) is 11.9. The average Bonchev–Trinajstić information content (AvgIpc) is 2.55. The van der Waals surface area contributed by atoms with Crippen molar-refractivity contribution in [1.82, 2.24) is 0 Å². The highest BCUT2D eigenvalue weighted by atomic mass is 35.5. The minimum Gasteiger partial charge on any atom is -0.493 e. The molecule has 2 nitrogen and oxygen atoms in total. The molecule has 2 rings (SSSR count). The maximum absolute atomic E-state index is 11.9. The van der Waals surface area contributed by atoms with E-state index >= 15 is 0 Å². The number of hydrogen-bond acceptors (Lipinski definition) is 2. The molecule has 2 aromatic carbocycles. The molecule has 0 atom stereocenters. The molecule has 22 heavy (non-hydrogen) atoms. The van der Waals surface area contributed by atoms with E-state index in [2.05, 4.69) is 6.92 Å². The number of carbonyl (C=O) groups is 1. The number of unbranched alkanes of at least 4 members (excludes halogenated alkanes) is 1. The number of ether oxygens (including phenoxy) is 1. The van der Waals surface area contributed by atoms with Crippen molar-refractivity contribution in [3.05, 3.63) is 64.7 Å². The predicted octanol–water partition coefficient (Wildman–Crippen LogP) is 5.33. The van der Waals surface area contributed by atoms with Gasteiger partial charge < -0.3 is 4.74 Å². The molecule has 0 saturated heterocycles. The fraction of sp³-hybridized carbons (Fsp3) is 0.316. The first-order valence-electron chi connectivity index (χ1n) is 7.69. The van der Waals surface area contributed by atoms with Crippen molar-refractivity contribution in [3.63, 3.8) is 0 Å². The largest absolute Gasteiger partial charge is 0.493 e. The lowest BCUT2D eigenvalue weighted by Crippen LogP contribution is -2.02. The molecule has 116 valence electrons. The molecule has 0 spiro atoms. The zero-order chi connectivity index (χ0) is 15.8. The molecule has 0 heterocycles. The molecular weight excluding hydrogens is 296 g/mol. The van der Waals surface area contributed by atoms with Gasteiger partial charge in [0.15, 0.2) is 5.78 Å². The lowest BCUT2D eigenvalue weighted by Gasteiger charge is -2.07. The fourth-order valence-electron chi connectivity index (χ4n) is 2.16. The summed E-state index contributed by atoms with van der Waals surface area (Å²) in [6, 6.07) is 15.2. The first kappa shape index (κ1) is 16.6. The Kier molecular flexibility index (Phi) is 6.47. The monoisotopic (exact) mass is 316 g/mol. The van der Waals surface area contributed by atoms with Gasteiger partial charge in [-0.3, -0.25) is 4.79 Å². The Labute approximate surface area is 137 Å². The second kappa shape index (κ2) is 8.60. The van der Waals surface area contributed by atoms with Gasteiger partial charge >= 0.3 is 0 Å². The Balaban J connectivity index is 1.81. The Morgan fingerprint density at radius 2 is 1.73 bits per heavy atom. The van der Waals surface area contributed by atoms with Crippen LogP contribution in [0.25, 0.3) is 0 Å². The van der Waals surface area contributed by atoms with Gasteiger partial charge in [-0.25, -0.2) is 0 Å². The molecule has 0 saturated carbocycles. The van der Waals surface area contributed by atoms with Crippen LogP contribution in [0.2, 0.25) is 5.02 Å². The Morgan fingerprint density at radius 3 is 2.36 bits per heavy atom. The van der Waals surface area contributed by atoms with Crippen LogP contribution in [0.5, 0.6) is 5.75 Å². The van der Waals surface area contributed by atoms with Crippen LogP contribution in [-0.4, -0.2) is 12.4 Å². The number of ketones is 1. The van der Waals surface area contributed by atoms with Crippen molar-refractivity contribution in [2.45, 2.75) is 32.6 Å². The van der Waals surface area contributed by atoms with E-state index in [9.17, 15) is 4.79 Å². The van der Waals surface area contributed by atoms with Gasteiger partial charge in [0.1, 0.15) is 5.75 Å². The maximum atomic E-state index is 11.9. The minimum absolute atomic E-state index is 0.203. The van der Waals surface area contributed by atoms with Crippen LogP contribution >= 0.6 is 11.6 Å². The standard InChI is InChI=1S/C19H21ClO2/c1-2-3-4-19(21)16-7-11-18(12-8-16)22-14-13-15-5-9-17(20)10-6-15/h5-12H,2-4,13-14H2,1H3. The van der Waals surface area contributed by atoms with E-state index in [1.54, 1.807) is 0 Å². The number of rotatable bonds is 8. The van der Waals surface area contributed by atoms with E-state index in [0.717, 1.165) is 35.6 Å². The summed E-state index contributed by atoms with van der Waals surface area (Å²) in [6.45, 7) is 2.69.